The van der Waals surface area contributed by atoms with Crippen LogP contribution >= 0.6 is 23.2 Å². The summed E-state index contributed by atoms with van der Waals surface area (Å²) in [7, 11) is 3.07. The Morgan fingerprint density at radius 3 is 1.91 bits per heavy atom. The fourth-order valence-corrected chi connectivity index (χ4v) is 3.78. The maximum atomic E-state index is 12.0. The zero-order chi connectivity index (χ0) is 22.9. The van der Waals surface area contributed by atoms with E-state index >= 15 is 0 Å². The van der Waals surface area contributed by atoms with E-state index in [1.165, 1.54) is 26.4 Å². The first-order chi connectivity index (χ1) is 15.4. The summed E-state index contributed by atoms with van der Waals surface area (Å²) in [5, 5.41) is 25.9. The number of halogens is 2. The summed E-state index contributed by atoms with van der Waals surface area (Å²) in [4.78, 5) is 4.42. The van der Waals surface area contributed by atoms with Crippen molar-refractivity contribution in [2.24, 2.45) is 0 Å². The van der Waals surface area contributed by atoms with Crippen molar-refractivity contribution in [1.29, 1.82) is 0 Å². The molecule has 0 unspecified atom stereocenters. The van der Waals surface area contributed by atoms with Gasteiger partial charge in [-0.05, 0) is 36.4 Å². The molecule has 0 amide bonds. The number of benzene rings is 3. The van der Waals surface area contributed by atoms with Crippen molar-refractivity contribution >= 4 is 23.2 Å². The van der Waals surface area contributed by atoms with Crippen LogP contribution < -0.4 is 9.47 Å². The van der Waals surface area contributed by atoms with Crippen LogP contribution in [0.2, 0.25) is 10.0 Å². The van der Waals surface area contributed by atoms with Gasteiger partial charge in [-0.25, -0.2) is 0 Å². The molecule has 2 N–H and O–H groups in total. The van der Waals surface area contributed by atoms with Crippen LogP contribution in [-0.4, -0.2) is 34.6 Å². The van der Waals surface area contributed by atoms with Gasteiger partial charge in [-0.2, -0.15) is 4.98 Å². The summed E-state index contributed by atoms with van der Waals surface area (Å²) in [6, 6.07) is 16.7. The van der Waals surface area contributed by atoms with E-state index in [0.717, 1.165) is 0 Å². The van der Waals surface area contributed by atoms with Gasteiger partial charge in [0.1, 0.15) is 11.5 Å². The molecule has 4 aromatic rings. The van der Waals surface area contributed by atoms with Gasteiger partial charge in [-0.3, -0.25) is 0 Å². The van der Waals surface area contributed by atoms with Gasteiger partial charge in [0.15, 0.2) is 11.4 Å². The highest BCUT2D eigenvalue weighted by Gasteiger charge is 2.40. The van der Waals surface area contributed by atoms with E-state index in [1.54, 1.807) is 48.5 Å². The van der Waals surface area contributed by atoms with Crippen molar-refractivity contribution in [3.63, 3.8) is 0 Å². The molecule has 3 aromatic carbocycles. The standard InChI is InChI=1S/C23H18Cl2N2O5/c1-30-16-7-3-5-14(11-16)23(29,15-6-4-8-17(12-15)31-2)22-26-21(27-32-22)13-9-18(24)20(28)19(25)10-13/h3-12,28-29H,1-2H3. The molecule has 32 heavy (non-hydrogen) atoms. The smallest absolute Gasteiger partial charge is 0.268 e. The van der Waals surface area contributed by atoms with Crippen LogP contribution in [0, 0.1) is 0 Å². The first-order valence-corrected chi connectivity index (χ1v) is 10.2. The Labute approximate surface area is 193 Å². The molecule has 0 saturated carbocycles. The summed E-state index contributed by atoms with van der Waals surface area (Å²) >= 11 is 12.1. The number of aromatic nitrogens is 2. The minimum Gasteiger partial charge on any atom is -0.505 e. The Morgan fingerprint density at radius 1 is 0.875 bits per heavy atom. The highest BCUT2D eigenvalue weighted by molar-refractivity contribution is 6.37. The molecule has 7 nitrogen and oxygen atoms in total. The molecule has 0 fully saturated rings. The zero-order valence-electron chi connectivity index (χ0n) is 17.0. The molecule has 0 atom stereocenters. The number of phenols is 1. The Hall–Kier alpha value is -3.26. The molecule has 164 valence electrons. The third-order valence-corrected chi connectivity index (χ3v) is 5.56. The van der Waals surface area contributed by atoms with Gasteiger partial charge in [-0.1, -0.05) is 52.6 Å². The molecule has 0 aliphatic rings. The second-order valence-electron chi connectivity index (χ2n) is 6.89. The van der Waals surface area contributed by atoms with E-state index < -0.39 is 5.60 Å². The van der Waals surface area contributed by atoms with E-state index in [2.05, 4.69) is 10.1 Å². The summed E-state index contributed by atoms with van der Waals surface area (Å²) in [6.07, 6.45) is 0. The van der Waals surface area contributed by atoms with Gasteiger partial charge in [0, 0.05) is 16.7 Å². The number of hydrogen-bond donors (Lipinski definition) is 2. The molecule has 9 heteroatoms. The first kappa shape index (κ1) is 22.0. The molecule has 1 aromatic heterocycles. The lowest BCUT2D eigenvalue weighted by atomic mass is 9.86. The van der Waals surface area contributed by atoms with Crippen LogP contribution in [0.4, 0.5) is 0 Å². The van der Waals surface area contributed by atoms with Gasteiger partial charge in [-0.15, -0.1) is 0 Å². The fraction of sp³-hybridized carbons (Fsp3) is 0.130. The number of ether oxygens (including phenoxy) is 2. The van der Waals surface area contributed by atoms with Crippen LogP contribution in [0.1, 0.15) is 17.0 Å². The third kappa shape index (κ3) is 3.86. The molecule has 0 radical (unpaired) electrons. The summed E-state index contributed by atoms with van der Waals surface area (Å²) in [6.45, 7) is 0. The summed E-state index contributed by atoms with van der Waals surface area (Å²) in [5.74, 6) is 0.883. The summed E-state index contributed by atoms with van der Waals surface area (Å²) < 4.78 is 16.2. The van der Waals surface area contributed by atoms with Crippen molar-refractivity contribution in [1.82, 2.24) is 10.1 Å². The minimum atomic E-state index is -1.82. The van der Waals surface area contributed by atoms with Gasteiger partial charge in [0.25, 0.3) is 5.89 Å². The van der Waals surface area contributed by atoms with Crippen molar-refractivity contribution in [2.45, 2.75) is 5.60 Å². The number of aromatic hydroxyl groups is 1. The van der Waals surface area contributed by atoms with Gasteiger partial charge < -0.3 is 24.2 Å². The highest BCUT2D eigenvalue weighted by atomic mass is 35.5. The lowest BCUT2D eigenvalue weighted by molar-refractivity contribution is 0.0846. The molecule has 1 heterocycles. The fourth-order valence-electron chi connectivity index (χ4n) is 3.29. The van der Waals surface area contributed by atoms with Crippen LogP contribution in [0.3, 0.4) is 0 Å². The second kappa shape index (κ2) is 8.70. The maximum absolute atomic E-state index is 12.0. The molecule has 0 bridgehead atoms. The van der Waals surface area contributed by atoms with Crippen molar-refractivity contribution < 1.29 is 24.2 Å². The van der Waals surface area contributed by atoms with Crippen molar-refractivity contribution in [2.75, 3.05) is 14.2 Å². The van der Waals surface area contributed by atoms with E-state index in [0.29, 0.717) is 28.2 Å². The monoisotopic (exact) mass is 472 g/mol. The lowest BCUT2D eigenvalue weighted by Gasteiger charge is -2.26. The SMILES string of the molecule is COc1cccc(C(O)(c2cccc(OC)c2)c2nc(-c3cc(Cl)c(O)c(Cl)c3)no2)c1. The van der Waals surface area contributed by atoms with Crippen LogP contribution in [0.25, 0.3) is 11.4 Å². The summed E-state index contributed by atoms with van der Waals surface area (Å²) in [5.41, 5.74) is -0.519. The first-order valence-electron chi connectivity index (χ1n) is 9.40. The topological polar surface area (TPSA) is 97.8 Å². The molecular formula is C23H18Cl2N2O5. The predicted molar refractivity (Wildman–Crippen MR) is 120 cm³/mol. The maximum Gasteiger partial charge on any atom is 0.268 e. The number of hydrogen-bond acceptors (Lipinski definition) is 7. The number of methoxy groups -OCH3 is 2. The number of rotatable bonds is 6. The van der Waals surface area contributed by atoms with E-state index in [1.807, 2.05) is 0 Å². The normalized spacial score (nSPS) is 11.4. The average molecular weight is 473 g/mol. The Bertz CT molecular complexity index is 1200. The Morgan fingerprint density at radius 2 is 1.41 bits per heavy atom. The van der Waals surface area contributed by atoms with Gasteiger partial charge >= 0.3 is 0 Å². The van der Waals surface area contributed by atoms with Crippen LogP contribution in [0.5, 0.6) is 17.2 Å². The molecule has 0 aliphatic heterocycles. The van der Waals surface area contributed by atoms with E-state index in [9.17, 15) is 10.2 Å². The van der Waals surface area contributed by atoms with Crippen LogP contribution in [0.15, 0.2) is 65.2 Å². The predicted octanol–water partition coefficient (Wildman–Crippen LogP) is 5.05. The lowest BCUT2D eigenvalue weighted by Crippen LogP contribution is -2.29. The second-order valence-corrected chi connectivity index (χ2v) is 7.70. The molecule has 0 aliphatic carbocycles. The molecular weight excluding hydrogens is 455 g/mol. The molecule has 4 rings (SSSR count). The van der Waals surface area contributed by atoms with Gasteiger partial charge in [0.2, 0.25) is 5.82 Å². The number of nitrogens with zero attached hydrogens (tertiary/aromatic N) is 2. The Kier molecular flexibility index (Phi) is 5.97. The van der Waals surface area contributed by atoms with E-state index in [4.69, 9.17) is 37.2 Å². The van der Waals surface area contributed by atoms with Crippen molar-refractivity contribution in [3.8, 4) is 28.6 Å². The minimum absolute atomic E-state index is 0.0368. The van der Waals surface area contributed by atoms with Crippen molar-refractivity contribution in [3.05, 3.63) is 87.7 Å². The highest BCUT2D eigenvalue weighted by Crippen LogP contribution is 2.40. The third-order valence-electron chi connectivity index (χ3n) is 4.99. The van der Waals surface area contributed by atoms with E-state index in [-0.39, 0.29) is 27.5 Å². The number of phenolic OH excluding ortho intramolecular Hbond substituents is 1. The average Bonchev–Trinajstić information content (AvgIpc) is 3.32. The molecule has 0 spiro atoms. The number of aliphatic hydroxyl groups is 1. The quantitative estimate of drug-likeness (QED) is 0.405. The molecule has 0 saturated heterocycles. The largest absolute Gasteiger partial charge is 0.505 e. The van der Waals surface area contributed by atoms with Crippen LogP contribution in [-0.2, 0) is 5.60 Å². The zero-order valence-corrected chi connectivity index (χ0v) is 18.6. The van der Waals surface area contributed by atoms with Gasteiger partial charge in [0.05, 0.1) is 24.3 Å². The Balaban J connectivity index is 1.90.